The number of nitrogens with one attached hydrogen (secondary N) is 1. The van der Waals surface area contributed by atoms with Crippen LogP contribution in [0.3, 0.4) is 0 Å². The maximum absolute atomic E-state index is 12.2. The van der Waals surface area contributed by atoms with Gasteiger partial charge in [0.2, 0.25) is 5.91 Å². The minimum absolute atomic E-state index is 0.180. The van der Waals surface area contributed by atoms with Crippen molar-refractivity contribution in [2.45, 2.75) is 32.4 Å². The summed E-state index contributed by atoms with van der Waals surface area (Å²) in [5.41, 5.74) is 1.10. The van der Waals surface area contributed by atoms with E-state index >= 15 is 0 Å². The third kappa shape index (κ3) is 4.37. The molecule has 1 aromatic heterocycles. The molecule has 25 heavy (non-hydrogen) atoms. The topological polar surface area (TPSA) is 48.5 Å². The molecule has 1 amide bonds. The highest BCUT2D eigenvalue weighted by Crippen LogP contribution is 2.32. The van der Waals surface area contributed by atoms with E-state index in [0.717, 1.165) is 44.2 Å². The summed E-state index contributed by atoms with van der Waals surface area (Å²) >= 11 is 1.79. The van der Waals surface area contributed by atoms with Crippen molar-refractivity contribution >= 4 is 27.5 Å². The summed E-state index contributed by atoms with van der Waals surface area (Å²) in [6, 6.07) is 8.66. The highest BCUT2D eigenvalue weighted by molar-refractivity contribution is 7.18. The van der Waals surface area contributed by atoms with Gasteiger partial charge in [-0.3, -0.25) is 14.6 Å². The standard InChI is InChI=1S/C19H26N4OS/c1-14(15-6-7-15)20-18(24)12-22-8-10-23(11-9-22)13-19-21-16-4-2-3-5-17(16)25-19/h2-5,14-15H,6-13H2,1H3,(H,20,24)/t14-/m1/s1. The second-order valence-electron chi connectivity index (χ2n) is 7.32. The van der Waals surface area contributed by atoms with E-state index in [1.807, 2.05) is 6.07 Å². The van der Waals surface area contributed by atoms with Crippen molar-refractivity contribution in [3.63, 3.8) is 0 Å². The van der Waals surface area contributed by atoms with Crippen molar-refractivity contribution in [3.05, 3.63) is 29.3 Å². The number of rotatable bonds is 6. The predicted molar refractivity (Wildman–Crippen MR) is 102 cm³/mol. The number of hydrogen-bond acceptors (Lipinski definition) is 5. The van der Waals surface area contributed by atoms with E-state index in [0.29, 0.717) is 12.6 Å². The van der Waals surface area contributed by atoms with Gasteiger partial charge in [0, 0.05) is 32.2 Å². The Labute approximate surface area is 153 Å². The van der Waals surface area contributed by atoms with Gasteiger partial charge in [0.15, 0.2) is 0 Å². The number of hydrogen-bond donors (Lipinski definition) is 1. The van der Waals surface area contributed by atoms with E-state index in [4.69, 9.17) is 4.98 Å². The van der Waals surface area contributed by atoms with E-state index in [1.165, 1.54) is 22.5 Å². The Morgan fingerprint density at radius 2 is 1.96 bits per heavy atom. The molecular formula is C19H26N4OS. The molecule has 1 N–H and O–H groups in total. The van der Waals surface area contributed by atoms with Gasteiger partial charge in [-0.25, -0.2) is 4.98 Å². The lowest BCUT2D eigenvalue weighted by molar-refractivity contribution is -0.123. The van der Waals surface area contributed by atoms with Crippen LogP contribution in [0.4, 0.5) is 0 Å². The lowest BCUT2D eigenvalue weighted by Crippen LogP contribution is -2.50. The van der Waals surface area contributed by atoms with Gasteiger partial charge in [0.25, 0.3) is 0 Å². The summed E-state index contributed by atoms with van der Waals surface area (Å²) in [5.74, 6) is 0.897. The van der Waals surface area contributed by atoms with Crippen LogP contribution in [0.15, 0.2) is 24.3 Å². The maximum Gasteiger partial charge on any atom is 0.234 e. The van der Waals surface area contributed by atoms with Gasteiger partial charge < -0.3 is 5.32 Å². The van der Waals surface area contributed by atoms with Gasteiger partial charge in [-0.05, 0) is 37.8 Å². The molecule has 2 aliphatic rings. The molecule has 2 aromatic rings. The zero-order valence-electron chi connectivity index (χ0n) is 14.8. The first kappa shape index (κ1) is 16.9. The molecule has 0 unspecified atom stereocenters. The van der Waals surface area contributed by atoms with Crippen LogP contribution < -0.4 is 5.32 Å². The van der Waals surface area contributed by atoms with Gasteiger partial charge in [-0.1, -0.05) is 12.1 Å². The molecule has 5 nitrogen and oxygen atoms in total. The van der Waals surface area contributed by atoms with Crippen molar-refractivity contribution in [2.75, 3.05) is 32.7 Å². The normalized spacial score (nSPS) is 20.7. The van der Waals surface area contributed by atoms with E-state index in [1.54, 1.807) is 11.3 Å². The minimum Gasteiger partial charge on any atom is -0.352 e. The summed E-state index contributed by atoms with van der Waals surface area (Å²) in [5, 5.41) is 4.34. The predicted octanol–water partition coefficient (Wildman–Crippen LogP) is 2.33. The average Bonchev–Trinajstić information content (AvgIpc) is 3.37. The number of piperazine rings is 1. The Hall–Kier alpha value is -1.50. The summed E-state index contributed by atoms with van der Waals surface area (Å²) in [4.78, 5) is 21.6. The zero-order chi connectivity index (χ0) is 17.2. The fraction of sp³-hybridized carbons (Fsp3) is 0.579. The molecule has 1 aliphatic heterocycles. The molecule has 4 rings (SSSR count). The fourth-order valence-electron chi connectivity index (χ4n) is 3.50. The van der Waals surface area contributed by atoms with Crippen molar-refractivity contribution in [1.82, 2.24) is 20.1 Å². The fourth-order valence-corrected chi connectivity index (χ4v) is 4.51. The number of amides is 1. The molecule has 2 heterocycles. The molecule has 6 heteroatoms. The molecule has 2 fully saturated rings. The van der Waals surface area contributed by atoms with Crippen LogP contribution in [0.25, 0.3) is 10.2 Å². The summed E-state index contributed by atoms with van der Waals surface area (Å²) in [6.07, 6.45) is 2.54. The number of para-hydroxylation sites is 1. The lowest BCUT2D eigenvalue weighted by Gasteiger charge is -2.34. The summed E-state index contributed by atoms with van der Waals surface area (Å²) in [6.45, 7) is 7.49. The Balaban J connectivity index is 1.23. The van der Waals surface area contributed by atoms with Crippen LogP contribution in [-0.2, 0) is 11.3 Å². The van der Waals surface area contributed by atoms with Crippen molar-refractivity contribution < 1.29 is 4.79 Å². The number of aromatic nitrogens is 1. The molecule has 134 valence electrons. The first-order chi connectivity index (χ1) is 12.2. The third-order valence-electron chi connectivity index (χ3n) is 5.25. The Morgan fingerprint density at radius 1 is 1.24 bits per heavy atom. The Bertz CT molecular complexity index is 701. The molecule has 1 saturated heterocycles. The first-order valence-electron chi connectivity index (χ1n) is 9.26. The van der Waals surface area contributed by atoms with Gasteiger partial charge in [-0.2, -0.15) is 0 Å². The van der Waals surface area contributed by atoms with Crippen LogP contribution >= 0.6 is 11.3 Å². The number of thiazole rings is 1. The molecule has 1 atom stereocenters. The Morgan fingerprint density at radius 3 is 2.68 bits per heavy atom. The maximum atomic E-state index is 12.2. The molecular weight excluding hydrogens is 332 g/mol. The quantitative estimate of drug-likeness (QED) is 0.861. The lowest BCUT2D eigenvalue weighted by atomic mass is 10.2. The highest BCUT2D eigenvalue weighted by Gasteiger charge is 2.29. The smallest absolute Gasteiger partial charge is 0.234 e. The number of fused-ring (bicyclic) bond motifs is 1. The second kappa shape index (κ2) is 7.40. The van der Waals surface area contributed by atoms with Gasteiger partial charge in [0.05, 0.1) is 23.3 Å². The molecule has 0 radical (unpaired) electrons. The molecule has 1 saturated carbocycles. The van der Waals surface area contributed by atoms with E-state index in [-0.39, 0.29) is 5.91 Å². The number of benzene rings is 1. The molecule has 1 aliphatic carbocycles. The van der Waals surface area contributed by atoms with Crippen LogP contribution in [0.1, 0.15) is 24.8 Å². The van der Waals surface area contributed by atoms with E-state index in [2.05, 4.69) is 40.2 Å². The van der Waals surface area contributed by atoms with Gasteiger partial charge >= 0.3 is 0 Å². The molecule has 0 bridgehead atoms. The summed E-state index contributed by atoms with van der Waals surface area (Å²) in [7, 11) is 0. The van der Waals surface area contributed by atoms with Gasteiger partial charge in [0.1, 0.15) is 5.01 Å². The highest BCUT2D eigenvalue weighted by atomic mass is 32.1. The van der Waals surface area contributed by atoms with Crippen LogP contribution in [0, 0.1) is 5.92 Å². The largest absolute Gasteiger partial charge is 0.352 e. The first-order valence-corrected chi connectivity index (χ1v) is 10.1. The molecule has 0 spiro atoms. The number of carbonyl (C=O) groups excluding carboxylic acids is 1. The zero-order valence-corrected chi connectivity index (χ0v) is 15.6. The van der Waals surface area contributed by atoms with Gasteiger partial charge in [-0.15, -0.1) is 11.3 Å². The van der Waals surface area contributed by atoms with E-state index < -0.39 is 0 Å². The van der Waals surface area contributed by atoms with Crippen LogP contribution in [-0.4, -0.2) is 59.5 Å². The van der Waals surface area contributed by atoms with Crippen molar-refractivity contribution in [2.24, 2.45) is 5.92 Å². The van der Waals surface area contributed by atoms with E-state index in [9.17, 15) is 4.79 Å². The third-order valence-corrected chi connectivity index (χ3v) is 6.27. The number of nitrogens with zero attached hydrogens (tertiary/aromatic N) is 3. The van der Waals surface area contributed by atoms with Crippen molar-refractivity contribution in [3.8, 4) is 0 Å². The SMILES string of the molecule is C[C@@H](NC(=O)CN1CCN(Cc2nc3ccccc3s2)CC1)C1CC1. The van der Waals surface area contributed by atoms with Crippen molar-refractivity contribution in [1.29, 1.82) is 0 Å². The Kier molecular flexibility index (Phi) is 5.01. The number of carbonyl (C=O) groups is 1. The summed E-state index contributed by atoms with van der Waals surface area (Å²) < 4.78 is 1.26. The monoisotopic (exact) mass is 358 g/mol. The average molecular weight is 359 g/mol. The molecule has 1 aromatic carbocycles. The van der Waals surface area contributed by atoms with Crippen LogP contribution in [0.5, 0.6) is 0 Å². The van der Waals surface area contributed by atoms with Crippen LogP contribution in [0.2, 0.25) is 0 Å². The second-order valence-corrected chi connectivity index (χ2v) is 8.44. The minimum atomic E-state index is 0.180.